The predicted molar refractivity (Wildman–Crippen MR) is 79.5 cm³/mol. The fourth-order valence-electron chi connectivity index (χ4n) is 2.44. The Balaban J connectivity index is 1.63. The lowest BCUT2D eigenvalue weighted by atomic mass is 10.2. The molecule has 0 spiro atoms. The second-order valence-corrected chi connectivity index (χ2v) is 4.74. The first kappa shape index (κ1) is 12.7. The van der Waals surface area contributed by atoms with E-state index < -0.39 is 0 Å². The van der Waals surface area contributed by atoms with Crippen molar-refractivity contribution in [1.82, 2.24) is 9.97 Å². The topological polar surface area (TPSA) is 41.5 Å². The van der Waals surface area contributed by atoms with Crippen molar-refractivity contribution in [3.63, 3.8) is 0 Å². The molecule has 5 heteroatoms. The Morgan fingerprint density at radius 2 is 1.65 bits per heavy atom. The van der Waals surface area contributed by atoms with Crippen molar-refractivity contribution >= 4 is 11.5 Å². The summed E-state index contributed by atoms with van der Waals surface area (Å²) in [6.07, 6.45) is 5.27. The smallest absolute Gasteiger partial charge is 0.147 e. The summed E-state index contributed by atoms with van der Waals surface area (Å²) in [4.78, 5) is 13.1. The predicted octanol–water partition coefficient (Wildman–Crippen LogP) is 1.81. The molecule has 1 aliphatic heterocycles. The van der Waals surface area contributed by atoms with Gasteiger partial charge in [0.25, 0.3) is 0 Å². The van der Waals surface area contributed by atoms with Crippen molar-refractivity contribution in [2.75, 3.05) is 43.1 Å². The van der Waals surface area contributed by atoms with E-state index >= 15 is 0 Å². The van der Waals surface area contributed by atoms with Crippen LogP contribution in [0.25, 0.3) is 0 Å². The summed E-state index contributed by atoms with van der Waals surface area (Å²) in [7, 11) is 1.69. The molecule has 1 saturated heterocycles. The van der Waals surface area contributed by atoms with Gasteiger partial charge < -0.3 is 14.5 Å². The van der Waals surface area contributed by atoms with Crippen LogP contribution in [0.4, 0.5) is 11.5 Å². The quantitative estimate of drug-likeness (QED) is 0.851. The fraction of sp³-hybridized carbons (Fsp3) is 0.333. The van der Waals surface area contributed by atoms with Gasteiger partial charge in [0.2, 0.25) is 0 Å². The zero-order chi connectivity index (χ0) is 13.8. The maximum Gasteiger partial charge on any atom is 0.147 e. The molecule has 20 heavy (non-hydrogen) atoms. The molecule has 1 fully saturated rings. The highest BCUT2D eigenvalue weighted by molar-refractivity contribution is 5.51. The Kier molecular flexibility index (Phi) is 3.67. The maximum atomic E-state index is 5.19. The van der Waals surface area contributed by atoms with Gasteiger partial charge in [0.05, 0.1) is 13.3 Å². The van der Waals surface area contributed by atoms with Crippen LogP contribution in [0.15, 0.2) is 42.9 Å². The molecule has 5 nitrogen and oxygen atoms in total. The summed E-state index contributed by atoms with van der Waals surface area (Å²) in [5, 5.41) is 0. The molecule has 0 N–H and O–H groups in total. The summed E-state index contributed by atoms with van der Waals surface area (Å²) in [5.41, 5.74) is 1.24. The molecule has 104 valence electrons. The average molecular weight is 270 g/mol. The zero-order valence-electron chi connectivity index (χ0n) is 11.6. The number of piperazine rings is 1. The van der Waals surface area contributed by atoms with E-state index in [-0.39, 0.29) is 0 Å². The van der Waals surface area contributed by atoms with Gasteiger partial charge in [0, 0.05) is 44.3 Å². The summed E-state index contributed by atoms with van der Waals surface area (Å²) in [6.45, 7) is 3.90. The molecular formula is C15H18N4O. The van der Waals surface area contributed by atoms with Crippen molar-refractivity contribution in [2.24, 2.45) is 0 Å². The Labute approximate surface area is 118 Å². The van der Waals surface area contributed by atoms with E-state index in [1.165, 1.54) is 5.69 Å². The van der Waals surface area contributed by atoms with Crippen molar-refractivity contribution in [2.45, 2.75) is 0 Å². The fourth-order valence-corrected chi connectivity index (χ4v) is 2.44. The minimum atomic E-state index is 0.895. The number of anilines is 2. The van der Waals surface area contributed by atoms with Crippen LogP contribution < -0.4 is 14.5 Å². The molecule has 0 unspecified atom stereocenters. The van der Waals surface area contributed by atoms with Crippen molar-refractivity contribution < 1.29 is 4.74 Å². The van der Waals surface area contributed by atoms with E-state index in [0.29, 0.717) is 0 Å². The molecule has 1 aliphatic rings. The van der Waals surface area contributed by atoms with Crippen molar-refractivity contribution in [3.05, 3.63) is 42.9 Å². The SMILES string of the molecule is COc1ccc(N2CCN(c3cnccn3)CC2)cc1. The minimum Gasteiger partial charge on any atom is -0.497 e. The lowest BCUT2D eigenvalue weighted by molar-refractivity contribution is 0.415. The molecule has 1 aromatic heterocycles. The number of aromatic nitrogens is 2. The molecule has 0 bridgehead atoms. The molecule has 2 heterocycles. The molecular weight excluding hydrogens is 252 g/mol. The molecule has 1 aromatic carbocycles. The number of methoxy groups -OCH3 is 1. The first-order valence-corrected chi connectivity index (χ1v) is 6.77. The van der Waals surface area contributed by atoms with Crippen LogP contribution >= 0.6 is 0 Å². The summed E-state index contributed by atoms with van der Waals surface area (Å²) in [5.74, 6) is 1.86. The normalized spacial score (nSPS) is 15.2. The lowest BCUT2D eigenvalue weighted by Gasteiger charge is -2.36. The van der Waals surface area contributed by atoms with Gasteiger partial charge in [-0.2, -0.15) is 0 Å². The third-order valence-electron chi connectivity index (χ3n) is 3.59. The van der Waals surface area contributed by atoms with Gasteiger partial charge in [0.1, 0.15) is 11.6 Å². The van der Waals surface area contributed by atoms with E-state index in [2.05, 4.69) is 31.9 Å². The van der Waals surface area contributed by atoms with Gasteiger partial charge >= 0.3 is 0 Å². The van der Waals surface area contributed by atoms with Gasteiger partial charge in [-0.25, -0.2) is 4.98 Å². The highest BCUT2D eigenvalue weighted by Gasteiger charge is 2.18. The van der Waals surface area contributed by atoms with Crippen LogP contribution in [0.1, 0.15) is 0 Å². The van der Waals surface area contributed by atoms with Crippen LogP contribution in [-0.4, -0.2) is 43.3 Å². The van der Waals surface area contributed by atoms with Gasteiger partial charge in [-0.15, -0.1) is 0 Å². The number of rotatable bonds is 3. The number of hydrogen-bond donors (Lipinski definition) is 0. The third-order valence-corrected chi connectivity index (χ3v) is 3.59. The number of benzene rings is 1. The van der Waals surface area contributed by atoms with Gasteiger partial charge in [-0.05, 0) is 24.3 Å². The summed E-state index contributed by atoms with van der Waals surface area (Å²) < 4.78 is 5.19. The monoisotopic (exact) mass is 270 g/mol. The van der Waals surface area contributed by atoms with Crippen molar-refractivity contribution in [1.29, 1.82) is 0 Å². The van der Waals surface area contributed by atoms with Crippen LogP contribution in [0.3, 0.4) is 0 Å². The number of ether oxygens (including phenoxy) is 1. The Bertz CT molecular complexity index is 536. The second kappa shape index (κ2) is 5.77. The van der Waals surface area contributed by atoms with Gasteiger partial charge in [-0.1, -0.05) is 0 Å². The molecule has 0 radical (unpaired) electrons. The van der Waals surface area contributed by atoms with Crippen molar-refractivity contribution in [3.8, 4) is 5.75 Å². The van der Waals surface area contributed by atoms with Crippen LogP contribution in [0.5, 0.6) is 5.75 Å². The first-order valence-electron chi connectivity index (χ1n) is 6.77. The lowest BCUT2D eigenvalue weighted by Crippen LogP contribution is -2.46. The Hall–Kier alpha value is -2.30. The molecule has 0 aliphatic carbocycles. The summed E-state index contributed by atoms with van der Waals surface area (Å²) in [6, 6.07) is 8.22. The first-order chi connectivity index (χ1) is 9.86. The second-order valence-electron chi connectivity index (χ2n) is 4.74. The van der Waals surface area contributed by atoms with Gasteiger partial charge in [0.15, 0.2) is 0 Å². The minimum absolute atomic E-state index is 0.895. The average Bonchev–Trinajstić information content (AvgIpc) is 2.56. The van der Waals surface area contributed by atoms with Crippen LogP contribution in [0, 0.1) is 0 Å². The molecule has 2 aromatic rings. The highest BCUT2D eigenvalue weighted by Crippen LogP contribution is 2.21. The van der Waals surface area contributed by atoms with E-state index in [1.807, 2.05) is 18.3 Å². The largest absolute Gasteiger partial charge is 0.497 e. The number of nitrogens with zero attached hydrogens (tertiary/aromatic N) is 4. The Morgan fingerprint density at radius 1 is 0.950 bits per heavy atom. The standard InChI is InChI=1S/C15H18N4O/c1-20-14-4-2-13(3-5-14)18-8-10-19(11-9-18)15-12-16-6-7-17-15/h2-7,12H,8-11H2,1H3. The highest BCUT2D eigenvalue weighted by atomic mass is 16.5. The summed E-state index contributed by atoms with van der Waals surface area (Å²) >= 11 is 0. The Morgan fingerprint density at radius 3 is 2.25 bits per heavy atom. The molecule has 3 rings (SSSR count). The molecule has 0 saturated carbocycles. The maximum absolute atomic E-state index is 5.19. The molecule has 0 amide bonds. The number of hydrogen-bond acceptors (Lipinski definition) is 5. The third kappa shape index (κ3) is 2.66. The van der Waals surface area contributed by atoms with E-state index in [9.17, 15) is 0 Å². The van der Waals surface area contributed by atoms with E-state index in [0.717, 1.165) is 37.7 Å². The van der Waals surface area contributed by atoms with Crippen LogP contribution in [-0.2, 0) is 0 Å². The zero-order valence-corrected chi connectivity index (χ0v) is 11.6. The van der Waals surface area contributed by atoms with Gasteiger partial charge in [-0.3, -0.25) is 4.98 Å². The van der Waals surface area contributed by atoms with E-state index in [4.69, 9.17) is 4.74 Å². The van der Waals surface area contributed by atoms with Crippen LogP contribution in [0.2, 0.25) is 0 Å². The van der Waals surface area contributed by atoms with E-state index in [1.54, 1.807) is 19.5 Å². The molecule has 0 atom stereocenters.